The van der Waals surface area contributed by atoms with Crippen molar-refractivity contribution < 1.29 is 19.4 Å². The van der Waals surface area contributed by atoms with Crippen molar-refractivity contribution in [2.75, 3.05) is 0 Å². The number of carbonyl (C=O) groups is 2. The number of hydrogen-bond acceptors (Lipinski definition) is 5. The molecule has 21 heavy (non-hydrogen) atoms. The molecule has 114 valence electrons. The third-order valence-electron chi connectivity index (χ3n) is 3.39. The average molecular weight is 293 g/mol. The zero-order valence-electron chi connectivity index (χ0n) is 12.3. The first-order chi connectivity index (χ1) is 9.72. The van der Waals surface area contributed by atoms with E-state index in [0.717, 1.165) is 0 Å². The Morgan fingerprint density at radius 3 is 2.38 bits per heavy atom. The van der Waals surface area contributed by atoms with Gasteiger partial charge in [-0.25, -0.2) is 14.8 Å². The maximum absolute atomic E-state index is 12.0. The SMILES string of the molecule is CC(C)(C)OC(=O)NC1(c2cncnc2)CC(C(=O)O)C1. The summed E-state index contributed by atoms with van der Waals surface area (Å²) in [6, 6.07) is 0. The van der Waals surface area contributed by atoms with E-state index in [0.29, 0.717) is 18.4 Å². The molecule has 1 heterocycles. The molecule has 0 spiro atoms. The number of carboxylic acids is 1. The highest BCUT2D eigenvalue weighted by atomic mass is 16.6. The Balaban J connectivity index is 2.16. The summed E-state index contributed by atoms with van der Waals surface area (Å²) in [6.45, 7) is 5.31. The molecule has 1 amide bonds. The van der Waals surface area contributed by atoms with E-state index in [-0.39, 0.29) is 0 Å². The van der Waals surface area contributed by atoms with Gasteiger partial charge in [0.2, 0.25) is 0 Å². The number of carboxylic acid groups (broad SMARTS) is 1. The van der Waals surface area contributed by atoms with Crippen LogP contribution in [-0.4, -0.2) is 32.7 Å². The third kappa shape index (κ3) is 3.48. The fourth-order valence-electron chi connectivity index (χ4n) is 2.41. The minimum atomic E-state index is -0.867. The van der Waals surface area contributed by atoms with Crippen LogP contribution in [0, 0.1) is 5.92 Å². The fourth-order valence-corrected chi connectivity index (χ4v) is 2.41. The molecule has 1 fully saturated rings. The first-order valence-corrected chi connectivity index (χ1v) is 6.71. The Bertz CT molecular complexity index is 533. The van der Waals surface area contributed by atoms with Crippen molar-refractivity contribution in [3.63, 3.8) is 0 Å². The number of nitrogens with zero attached hydrogens (tertiary/aromatic N) is 2. The second kappa shape index (κ2) is 5.31. The number of hydrogen-bond donors (Lipinski definition) is 2. The summed E-state index contributed by atoms with van der Waals surface area (Å²) < 4.78 is 5.25. The third-order valence-corrected chi connectivity index (χ3v) is 3.39. The molecule has 2 rings (SSSR count). The second-order valence-electron chi connectivity index (χ2n) is 6.28. The van der Waals surface area contributed by atoms with E-state index in [1.165, 1.54) is 6.33 Å². The number of nitrogens with one attached hydrogen (secondary N) is 1. The first-order valence-electron chi connectivity index (χ1n) is 6.71. The molecule has 0 unspecified atom stereocenters. The molecule has 1 saturated carbocycles. The minimum Gasteiger partial charge on any atom is -0.481 e. The maximum Gasteiger partial charge on any atom is 0.408 e. The molecule has 0 atom stereocenters. The van der Waals surface area contributed by atoms with E-state index in [2.05, 4.69) is 15.3 Å². The molecule has 7 nitrogen and oxygen atoms in total. The van der Waals surface area contributed by atoms with Crippen LogP contribution in [0.4, 0.5) is 4.79 Å². The Hall–Kier alpha value is -2.18. The van der Waals surface area contributed by atoms with Gasteiger partial charge in [-0.15, -0.1) is 0 Å². The standard InChI is InChI=1S/C14H19N3O4/c1-13(2,3)21-12(20)17-14(4-9(5-14)11(18)19)10-6-15-8-16-7-10/h6-9H,4-5H2,1-3H3,(H,17,20)(H,18,19). The predicted octanol–water partition coefficient (Wildman–Crippen LogP) is 1.69. The van der Waals surface area contributed by atoms with Gasteiger partial charge in [-0.05, 0) is 33.6 Å². The van der Waals surface area contributed by atoms with E-state index in [4.69, 9.17) is 9.84 Å². The molecule has 2 N–H and O–H groups in total. The van der Waals surface area contributed by atoms with Gasteiger partial charge < -0.3 is 15.2 Å². The van der Waals surface area contributed by atoms with E-state index < -0.39 is 29.1 Å². The van der Waals surface area contributed by atoms with Crippen molar-refractivity contribution in [1.82, 2.24) is 15.3 Å². The second-order valence-corrected chi connectivity index (χ2v) is 6.28. The van der Waals surface area contributed by atoms with Gasteiger partial charge in [-0.1, -0.05) is 0 Å². The van der Waals surface area contributed by atoms with Crippen molar-refractivity contribution in [2.45, 2.75) is 44.8 Å². The molecule has 0 radical (unpaired) electrons. The molecule has 1 aliphatic rings. The predicted molar refractivity (Wildman–Crippen MR) is 73.4 cm³/mol. The number of amides is 1. The van der Waals surface area contributed by atoms with Gasteiger partial charge in [0.15, 0.2) is 0 Å². The minimum absolute atomic E-state index is 0.301. The van der Waals surface area contributed by atoms with E-state index in [9.17, 15) is 9.59 Å². The first kappa shape index (κ1) is 15.2. The summed E-state index contributed by atoms with van der Waals surface area (Å²) in [6.07, 6.45) is 4.59. The van der Waals surface area contributed by atoms with Crippen LogP contribution in [0.15, 0.2) is 18.7 Å². The zero-order valence-corrected chi connectivity index (χ0v) is 12.3. The Labute approximate surface area is 122 Å². The Kier molecular flexibility index (Phi) is 3.85. The lowest BCUT2D eigenvalue weighted by Crippen LogP contribution is -2.57. The lowest BCUT2D eigenvalue weighted by Gasteiger charge is -2.46. The van der Waals surface area contributed by atoms with Gasteiger partial charge >= 0.3 is 12.1 Å². The van der Waals surface area contributed by atoms with Gasteiger partial charge in [0.1, 0.15) is 11.9 Å². The lowest BCUT2D eigenvalue weighted by molar-refractivity contribution is -0.148. The zero-order chi connectivity index (χ0) is 15.7. The highest BCUT2D eigenvalue weighted by Crippen LogP contribution is 2.45. The van der Waals surface area contributed by atoms with Gasteiger partial charge in [-0.2, -0.15) is 0 Å². The molecule has 0 aromatic carbocycles. The van der Waals surface area contributed by atoms with Crippen LogP contribution in [-0.2, 0) is 15.1 Å². The van der Waals surface area contributed by atoms with Crippen molar-refractivity contribution >= 4 is 12.1 Å². The van der Waals surface area contributed by atoms with Crippen LogP contribution in [0.2, 0.25) is 0 Å². The molecular weight excluding hydrogens is 274 g/mol. The largest absolute Gasteiger partial charge is 0.481 e. The maximum atomic E-state index is 12.0. The molecule has 7 heteroatoms. The monoisotopic (exact) mass is 293 g/mol. The molecule has 1 aliphatic carbocycles. The van der Waals surface area contributed by atoms with Crippen LogP contribution in [0.1, 0.15) is 39.2 Å². The molecule has 0 saturated heterocycles. The quantitative estimate of drug-likeness (QED) is 0.879. The molecular formula is C14H19N3O4. The van der Waals surface area contributed by atoms with Crippen LogP contribution in [0.25, 0.3) is 0 Å². The number of aromatic nitrogens is 2. The summed E-state index contributed by atoms with van der Waals surface area (Å²) in [5.74, 6) is -1.35. The molecule has 1 aromatic heterocycles. The summed E-state index contributed by atoms with van der Waals surface area (Å²) in [4.78, 5) is 30.9. The highest BCUT2D eigenvalue weighted by Gasteiger charge is 2.50. The van der Waals surface area contributed by atoms with Gasteiger partial charge in [0.25, 0.3) is 0 Å². The lowest BCUT2D eigenvalue weighted by atomic mass is 9.65. The summed E-state index contributed by atoms with van der Waals surface area (Å²) in [5.41, 5.74) is -0.700. The normalized spacial score (nSPS) is 24.8. The van der Waals surface area contributed by atoms with E-state index in [1.54, 1.807) is 33.2 Å². The summed E-state index contributed by atoms with van der Waals surface area (Å²) in [7, 11) is 0. The van der Waals surface area contributed by atoms with Gasteiger partial charge in [0.05, 0.1) is 11.5 Å². The van der Waals surface area contributed by atoms with E-state index >= 15 is 0 Å². The summed E-state index contributed by atoms with van der Waals surface area (Å²) in [5, 5.41) is 11.8. The van der Waals surface area contributed by atoms with Crippen molar-refractivity contribution in [3.05, 3.63) is 24.3 Å². The van der Waals surface area contributed by atoms with Crippen LogP contribution < -0.4 is 5.32 Å². The highest BCUT2D eigenvalue weighted by molar-refractivity contribution is 5.74. The van der Waals surface area contributed by atoms with Gasteiger partial charge in [-0.3, -0.25) is 4.79 Å². The number of ether oxygens (including phenoxy) is 1. The van der Waals surface area contributed by atoms with Crippen LogP contribution >= 0.6 is 0 Å². The number of aliphatic carboxylic acids is 1. The summed E-state index contributed by atoms with van der Waals surface area (Å²) >= 11 is 0. The van der Waals surface area contributed by atoms with Crippen molar-refractivity contribution in [2.24, 2.45) is 5.92 Å². The number of carbonyl (C=O) groups excluding carboxylic acids is 1. The van der Waals surface area contributed by atoms with Crippen LogP contribution in [0.3, 0.4) is 0 Å². The average Bonchev–Trinajstić information content (AvgIpc) is 2.31. The molecule has 1 aromatic rings. The smallest absolute Gasteiger partial charge is 0.408 e. The fraction of sp³-hybridized carbons (Fsp3) is 0.571. The number of rotatable bonds is 3. The van der Waals surface area contributed by atoms with Crippen molar-refractivity contribution in [3.8, 4) is 0 Å². The Morgan fingerprint density at radius 2 is 1.90 bits per heavy atom. The van der Waals surface area contributed by atoms with Gasteiger partial charge in [0, 0.05) is 18.0 Å². The van der Waals surface area contributed by atoms with Crippen LogP contribution in [0.5, 0.6) is 0 Å². The van der Waals surface area contributed by atoms with E-state index in [1.807, 2.05) is 0 Å². The topological polar surface area (TPSA) is 101 Å². The Morgan fingerprint density at radius 1 is 1.33 bits per heavy atom. The molecule has 0 aliphatic heterocycles. The van der Waals surface area contributed by atoms with Crippen molar-refractivity contribution in [1.29, 1.82) is 0 Å². The number of alkyl carbamates (subject to hydrolysis) is 1. The molecule has 0 bridgehead atoms.